The number of nitrogens with zero attached hydrogens (tertiary/aromatic N) is 2. The molecule has 3 aromatic carbocycles. The van der Waals surface area contributed by atoms with Gasteiger partial charge in [0.15, 0.2) is 10.9 Å². The largest absolute Gasteiger partial charge is 0.497 e. The second-order valence-corrected chi connectivity index (χ2v) is 9.15. The summed E-state index contributed by atoms with van der Waals surface area (Å²) in [5.74, 6) is -1.09. The Labute approximate surface area is 232 Å². The van der Waals surface area contributed by atoms with E-state index in [2.05, 4.69) is 15.7 Å². The van der Waals surface area contributed by atoms with E-state index in [4.69, 9.17) is 16.2 Å². The topological polar surface area (TPSA) is 175 Å². The molecule has 0 aliphatic rings. The first-order valence-electron chi connectivity index (χ1n) is 12.8. The van der Waals surface area contributed by atoms with Crippen LogP contribution in [0, 0.1) is 10.1 Å². The summed E-state index contributed by atoms with van der Waals surface area (Å²) in [7, 11) is 1.58. The van der Waals surface area contributed by atoms with Gasteiger partial charge < -0.3 is 26.8 Å². The van der Waals surface area contributed by atoms with Crippen molar-refractivity contribution in [2.75, 3.05) is 13.7 Å². The summed E-state index contributed by atoms with van der Waals surface area (Å²) in [4.78, 5) is 37.6. The molecule has 0 aliphatic carbocycles. The van der Waals surface area contributed by atoms with Gasteiger partial charge in [0, 0.05) is 6.54 Å². The zero-order valence-electron chi connectivity index (χ0n) is 22.2. The summed E-state index contributed by atoms with van der Waals surface area (Å²) in [6, 6.07) is 24.1. The highest BCUT2D eigenvalue weighted by molar-refractivity contribution is 5.92. The highest BCUT2D eigenvalue weighted by atomic mass is 16.7. The molecular weight excluding hydrogens is 512 g/mol. The van der Waals surface area contributed by atoms with Gasteiger partial charge in [0.1, 0.15) is 11.8 Å². The van der Waals surface area contributed by atoms with Crippen LogP contribution in [-0.4, -0.2) is 48.4 Å². The number of carbonyl (C=O) groups is 2. The van der Waals surface area contributed by atoms with Crippen LogP contribution < -0.4 is 26.8 Å². The predicted octanol–water partition coefficient (Wildman–Crippen LogP) is 2.33. The molecule has 0 fully saturated rings. The van der Waals surface area contributed by atoms with E-state index in [1.54, 1.807) is 7.11 Å². The summed E-state index contributed by atoms with van der Waals surface area (Å²) in [6.45, 7) is 0.316. The molecule has 2 atom stereocenters. The van der Waals surface area contributed by atoms with Crippen LogP contribution in [0.2, 0.25) is 0 Å². The van der Waals surface area contributed by atoms with E-state index in [1.165, 1.54) is 0 Å². The van der Waals surface area contributed by atoms with Crippen molar-refractivity contribution < 1.29 is 19.4 Å². The average Bonchev–Trinajstić information content (AvgIpc) is 2.96. The van der Waals surface area contributed by atoms with Crippen LogP contribution in [0.1, 0.15) is 35.4 Å². The molecule has 3 rings (SSSR count). The van der Waals surface area contributed by atoms with Crippen LogP contribution in [-0.2, 0) is 16.0 Å². The van der Waals surface area contributed by atoms with E-state index in [0.29, 0.717) is 18.7 Å². The summed E-state index contributed by atoms with van der Waals surface area (Å²) >= 11 is 0. The summed E-state index contributed by atoms with van der Waals surface area (Å²) < 4.78 is 5.25. The first-order chi connectivity index (χ1) is 19.3. The Balaban J connectivity index is 1.77. The quantitative estimate of drug-likeness (QED) is 0.104. The molecule has 0 saturated heterocycles. The van der Waals surface area contributed by atoms with Crippen molar-refractivity contribution in [3.8, 4) is 5.75 Å². The van der Waals surface area contributed by atoms with Crippen molar-refractivity contribution in [3.63, 3.8) is 0 Å². The second-order valence-electron chi connectivity index (χ2n) is 9.15. The number of nitrogens with one attached hydrogen (secondary N) is 2. The third kappa shape index (κ3) is 8.91. The van der Waals surface area contributed by atoms with E-state index in [1.807, 2.05) is 84.9 Å². The molecule has 11 heteroatoms. The van der Waals surface area contributed by atoms with E-state index >= 15 is 0 Å². The molecule has 3 aromatic rings. The molecule has 0 radical (unpaired) electrons. The maximum absolute atomic E-state index is 13.7. The van der Waals surface area contributed by atoms with E-state index in [9.17, 15) is 19.7 Å². The van der Waals surface area contributed by atoms with Crippen LogP contribution in [0.5, 0.6) is 5.75 Å². The maximum atomic E-state index is 13.7. The minimum Gasteiger partial charge on any atom is -0.497 e. The van der Waals surface area contributed by atoms with Crippen molar-refractivity contribution in [3.05, 3.63) is 112 Å². The Hall–Kier alpha value is -4.77. The molecule has 11 nitrogen and oxygen atoms in total. The van der Waals surface area contributed by atoms with E-state index < -0.39 is 28.9 Å². The van der Waals surface area contributed by atoms with Crippen LogP contribution in [0.15, 0.2) is 90.0 Å². The van der Waals surface area contributed by atoms with E-state index in [-0.39, 0.29) is 24.6 Å². The second kappa shape index (κ2) is 15.0. The Morgan fingerprint density at radius 3 is 2.15 bits per heavy atom. The standard InChI is InChI=1S/C29H34N6O5/c1-40-23-14-8-9-20(19-23)17-18-32-28(36)25(16-15-24(30)27(31)34-35(38)39)33-29(37)26(21-10-4-2-5-11-21)22-12-6-3-7-13-22/h2-14,19,24-26H,15-18,30H2,1H3,(H2,31,34)(H,32,36)(H,33,37). The Morgan fingerprint density at radius 1 is 0.950 bits per heavy atom. The lowest BCUT2D eigenvalue weighted by Crippen LogP contribution is -2.49. The Morgan fingerprint density at radius 2 is 1.57 bits per heavy atom. The molecule has 210 valence electrons. The number of amidine groups is 1. The zero-order chi connectivity index (χ0) is 28.9. The summed E-state index contributed by atoms with van der Waals surface area (Å²) in [5.41, 5.74) is 14.1. The average molecular weight is 547 g/mol. The molecule has 0 spiro atoms. The number of methoxy groups -OCH3 is 1. The van der Waals surface area contributed by atoms with Crippen molar-refractivity contribution in [2.45, 2.75) is 37.3 Å². The monoisotopic (exact) mass is 546 g/mol. The summed E-state index contributed by atoms with van der Waals surface area (Å²) in [6.07, 6.45) is 0.711. The van der Waals surface area contributed by atoms with Crippen molar-refractivity contribution >= 4 is 17.6 Å². The van der Waals surface area contributed by atoms with Gasteiger partial charge in [-0.2, -0.15) is 0 Å². The number of hydrogen-bond donors (Lipinski definition) is 4. The van der Waals surface area contributed by atoms with Gasteiger partial charge >= 0.3 is 0 Å². The number of benzene rings is 3. The number of carbonyl (C=O) groups excluding carboxylic acids is 2. The van der Waals surface area contributed by atoms with Gasteiger partial charge in [0.2, 0.25) is 11.8 Å². The molecule has 0 saturated carbocycles. The lowest BCUT2D eigenvalue weighted by atomic mass is 9.90. The third-order valence-corrected chi connectivity index (χ3v) is 6.35. The van der Waals surface area contributed by atoms with Gasteiger partial charge in [-0.3, -0.25) is 9.59 Å². The van der Waals surface area contributed by atoms with Crippen LogP contribution in [0.3, 0.4) is 0 Å². The highest BCUT2D eigenvalue weighted by Crippen LogP contribution is 2.25. The molecule has 40 heavy (non-hydrogen) atoms. The zero-order valence-corrected chi connectivity index (χ0v) is 22.2. The van der Waals surface area contributed by atoms with Crippen LogP contribution in [0.4, 0.5) is 0 Å². The molecule has 0 aromatic heterocycles. The normalized spacial score (nSPS) is 12.8. The van der Waals surface area contributed by atoms with Gasteiger partial charge in [-0.1, -0.05) is 72.8 Å². The first-order valence-corrected chi connectivity index (χ1v) is 12.8. The van der Waals surface area contributed by atoms with Crippen molar-refractivity contribution in [2.24, 2.45) is 16.6 Å². The fourth-order valence-electron chi connectivity index (χ4n) is 4.25. The molecule has 2 amide bonds. The number of hydrogen-bond acceptors (Lipinski definition) is 6. The lowest BCUT2D eigenvalue weighted by molar-refractivity contribution is -0.485. The van der Waals surface area contributed by atoms with Crippen molar-refractivity contribution in [1.82, 2.24) is 10.6 Å². The van der Waals surface area contributed by atoms with Crippen LogP contribution in [0.25, 0.3) is 0 Å². The van der Waals surface area contributed by atoms with Gasteiger partial charge in [0.25, 0.3) is 0 Å². The number of ether oxygens (including phenoxy) is 1. The Bertz CT molecular complexity index is 1260. The number of rotatable bonds is 14. The minimum absolute atomic E-state index is 0.0821. The fraction of sp³-hybridized carbons (Fsp3) is 0.276. The fourth-order valence-corrected chi connectivity index (χ4v) is 4.25. The van der Waals surface area contributed by atoms with Gasteiger partial charge in [-0.25, -0.2) is 10.1 Å². The van der Waals surface area contributed by atoms with E-state index in [0.717, 1.165) is 16.7 Å². The number of nitro groups is 1. The molecule has 0 aliphatic heterocycles. The smallest absolute Gasteiger partial charge is 0.242 e. The third-order valence-electron chi connectivity index (χ3n) is 6.35. The van der Waals surface area contributed by atoms with Gasteiger partial charge in [0.05, 0.1) is 24.2 Å². The van der Waals surface area contributed by atoms with Gasteiger partial charge in [-0.05, 0) is 48.1 Å². The molecule has 2 unspecified atom stereocenters. The first kappa shape index (κ1) is 29.8. The minimum atomic E-state index is -0.970. The highest BCUT2D eigenvalue weighted by Gasteiger charge is 2.28. The molecule has 6 N–H and O–H groups in total. The van der Waals surface area contributed by atoms with Gasteiger partial charge in [-0.15, -0.1) is 0 Å². The predicted molar refractivity (Wildman–Crippen MR) is 152 cm³/mol. The molecular formula is C29H34N6O5. The number of amides is 2. The maximum Gasteiger partial charge on any atom is 0.242 e. The molecule has 0 heterocycles. The summed E-state index contributed by atoms with van der Waals surface area (Å²) in [5, 5.41) is 18.6. The van der Waals surface area contributed by atoms with Crippen LogP contribution >= 0.6 is 0 Å². The Kier molecular flexibility index (Phi) is 11.2. The number of hydrazone groups is 1. The number of nitrogens with two attached hydrogens (primary N) is 2. The SMILES string of the molecule is COc1cccc(CCNC(=O)C(CCC(N)/C(N)=N\[N+](=O)[O-])NC(=O)C(c2ccccc2)c2ccccc2)c1. The lowest BCUT2D eigenvalue weighted by Gasteiger charge is -2.24. The van der Waals surface area contributed by atoms with Crippen molar-refractivity contribution in [1.29, 1.82) is 0 Å². The molecule has 0 bridgehead atoms.